The van der Waals surface area contributed by atoms with Crippen molar-refractivity contribution in [3.8, 4) is 0 Å². The molecular formula is C15H25N5. The van der Waals surface area contributed by atoms with Crippen LogP contribution in [-0.2, 0) is 5.41 Å². The van der Waals surface area contributed by atoms with Gasteiger partial charge in [-0.25, -0.2) is 9.50 Å². The van der Waals surface area contributed by atoms with Crippen LogP contribution in [0.1, 0.15) is 46.7 Å². The number of nitrogens with one attached hydrogen (secondary N) is 1. The van der Waals surface area contributed by atoms with Gasteiger partial charge in [0.25, 0.3) is 0 Å². The molecule has 0 unspecified atom stereocenters. The number of anilines is 1. The summed E-state index contributed by atoms with van der Waals surface area (Å²) in [6, 6.07) is 2.11. The van der Waals surface area contributed by atoms with E-state index in [1.165, 1.54) is 0 Å². The Balaban J connectivity index is 2.42. The van der Waals surface area contributed by atoms with Crippen molar-refractivity contribution in [2.45, 2.75) is 52.0 Å². The Morgan fingerprint density at radius 3 is 2.55 bits per heavy atom. The van der Waals surface area contributed by atoms with Gasteiger partial charge in [0.1, 0.15) is 5.52 Å². The third-order valence-electron chi connectivity index (χ3n) is 3.38. The van der Waals surface area contributed by atoms with Crippen molar-refractivity contribution >= 4 is 11.3 Å². The number of hydrogen-bond donors (Lipinski definition) is 2. The van der Waals surface area contributed by atoms with E-state index in [0.717, 1.165) is 23.4 Å². The molecule has 0 aliphatic carbocycles. The average molecular weight is 275 g/mol. The maximum atomic E-state index is 5.66. The lowest BCUT2D eigenvalue weighted by Crippen LogP contribution is -2.34. The molecule has 0 bridgehead atoms. The molecule has 0 saturated heterocycles. The third-order valence-corrected chi connectivity index (χ3v) is 3.38. The molecule has 2 aromatic heterocycles. The lowest BCUT2D eigenvalue weighted by atomic mass is 9.92. The van der Waals surface area contributed by atoms with E-state index in [9.17, 15) is 0 Å². The largest absolute Gasteiger partial charge is 0.363 e. The number of hydrogen-bond acceptors (Lipinski definition) is 4. The molecule has 0 aliphatic heterocycles. The molecule has 0 spiro atoms. The molecule has 2 rings (SSSR count). The fraction of sp³-hybridized carbons (Fsp3) is 0.600. The maximum absolute atomic E-state index is 5.66. The summed E-state index contributed by atoms with van der Waals surface area (Å²) in [5.41, 5.74) is 7.66. The minimum Gasteiger partial charge on any atom is -0.363 e. The summed E-state index contributed by atoms with van der Waals surface area (Å²) in [5.74, 6) is 0.856. The Morgan fingerprint density at radius 1 is 1.25 bits per heavy atom. The van der Waals surface area contributed by atoms with Crippen LogP contribution in [0.5, 0.6) is 0 Å². The predicted octanol–water partition coefficient (Wildman–Crippen LogP) is 2.57. The molecule has 2 heterocycles. The SMILES string of the molecule is CC(C)(CCN)Nc1nccn2nc(C(C)(C)C)cc12. The molecule has 5 heteroatoms. The molecular weight excluding hydrogens is 250 g/mol. The Bertz CT molecular complexity index is 592. The summed E-state index contributed by atoms with van der Waals surface area (Å²) < 4.78 is 1.88. The van der Waals surface area contributed by atoms with Crippen molar-refractivity contribution < 1.29 is 0 Å². The second-order valence-corrected chi connectivity index (χ2v) is 6.93. The van der Waals surface area contributed by atoms with E-state index < -0.39 is 0 Å². The molecule has 110 valence electrons. The highest BCUT2D eigenvalue weighted by atomic mass is 15.2. The normalized spacial score (nSPS) is 12.9. The van der Waals surface area contributed by atoms with Crippen LogP contribution >= 0.6 is 0 Å². The molecule has 0 saturated carbocycles. The van der Waals surface area contributed by atoms with Crippen LogP contribution < -0.4 is 11.1 Å². The van der Waals surface area contributed by atoms with E-state index in [1.54, 1.807) is 6.20 Å². The van der Waals surface area contributed by atoms with Gasteiger partial charge in [0.05, 0.1) is 5.69 Å². The quantitative estimate of drug-likeness (QED) is 0.900. The monoisotopic (exact) mass is 275 g/mol. The Morgan fingerprint density at radius 2 is 1.95 bits per heavy atom. The van der Waals surface area contributed by atoms with Crippen molar-refractivity contribution in [3.63, 3.8) is 0 Å². The zero-order chi connectivity index (χ0) is 15.0. The Hall–Kier alpha value is -1.62. The molecule has 0 radical (unpaired) electrons. The van der Waals surface area contributed by atoms with Gasteiger partial charge >= 0.3 is 0 Å². The zero-order valence-electron chi connectivity index (χ0n) is 13.1. The smallest absolute Gasteiger partial charge is 0.152 e. The molecule has 5 nitrogen and oxygen atoms in total. The van der Waals surface area contributed by atoms with Gasteiger partial charge < -0.3 is 11.1 Å². The van der Waals surface area contributed by atoms with Crippen LogP contribution in [0.2, 0.25) is 0 Å². The van der Waals surface area contributed by atoms with Crippen LogP contribution in [0.25, 0.3) is 5.52 Å². The van der Waals surface area contributed by atoms with Crippen LogP contribution in [-0.4, -0.2) is 26.7 Å². The average Bonchev–Trinajstić information content (AvgIpc) is 2.72. The minimum absolute atomic E-state index is 0.0239. The fourth-order valence-corrected chi connectivity index (χ4v) is 2.13. The number of nitrogens with zero attached hydrogens (tertiary/aromatic N) is 3. The van der Waals surface area contributed by atoms with E-state index >= 15 is 0 Å². The van der Waals surface area contributed by atoms with E-state index in [2.05, 4.69) is 56.1 Å². The third kappa shape index (κ3) is 3.10. The van der Waals surface area contributed by atoms with Crippen LogP contribution in [0.15, 0.2) is 18.5 Å². The van der Waals surface area contributed by atoms with Gasteiger partial charge in [-0.2, -0.15) is 5.10 Å². The van der Waals surface area contributed by atoms with Crippen molar-refractivity contribution in [1.82, 2.24) is 14.6 Å². The summed E-state index contributed by atoms with van der Waals surface area (Å²) in [6.07, 6.45) is 4.54. The highest BCUT2D eigenvalue weighted by Crippen LogP contribution is 2.26. The number of nitrogens with two attached hydrogens (primary N) is 1. The van der Waals surface area contributed by atoms with E-state index in [1.807, 2.05) is 10.7 Å². The van der Waals surface area contributed by atoms with E-state index in [0.29, 0.717) is 6.54 Å². The van der Waals surface area contributed by atoms with Gasteiger partial charge in [0.15, 0.2) is 5.82 Å². The van der Waals surface area contributed by atoms with Crippen molar-refractivity contribution in [3.05, 3.63) is 24.2 Å². The van der Waals surface area contributed by atoms with E-state index in [-0.39, 0.29) is 11.0 Å². The maximum Gasteiger partial charge on any atom is 0.152 e. The molecule has 0 fully saturated rings. The standard InChI is InChI=1S/C15H25N5/c1-14(2,3)12-10-11-13(17-8-9-20(11)19-12)18-15(4,5)6-7-16/h8-10H,6-7,16H2,1-5H3,(H,17,18). The molecule has 0 aromatic carbocycles. The van der Waals surface area contributed by atoms with Gasteiger partial charge in [0.2, 0.25) is 0 Å². The highest BCUT2D eigenvalue weighted by molar-refractivity contribution is 5.68. The summed E-state index contributed by atoms with van der Waals surface area (Å²) in [6.45, 7) is 11.4. The van der Waals surface area contributed by atoms with Crippen molar-refractivity contribution in [2.24, 2.45) is 5.73 Å². The van der Waals surface area contributed by atoms with Crippen LogP contribution in [0.3, 0.4) is 0 Å². The second-order valence-electron chi connectivity index (χ2n) is 6.93. The molecule has 3 N–H and O–H groups in total. The lowest BCUT2D eigenvalue weighted by molar-refractivity contribution is 0.524. The first-order chi connectivity index (χ1) is 9.23. The fourth-order valence-electron chi connectivity index (χ4n) is 2.13. The molecule has 2 aromatic rings. The van der Waals surface area contributed by atoms with Crippen LogP contribution in [0.4, 0.5) is 5.82 Å². The van der Waals surface area contributed by atoms with Crippen molar-refractivity contribution in [2.75, 3.05) is 11.9 Å². The summed E-state index contributed by atoms with van der Waals surface area (Å²) in [5, 5.41) is 8.11. The summed E-state index contributed by atoms with van der Waals surface area (Å²) in [4.78, 5) is 4.46. The molecule has 0 aliphatic rings. The van der Waals surface area contributed by atoms with E-state index in [4.69, 9.17) is 5.73 Å². The summed E-state index contributed by atoms with van der Waals surface area (Å²) in [7, 11) is 0. The number of aromatic nitrogens is 3. The Kier molecular flexibility index (Phi) is 3.73. The molecule has 20 heavy (non-hydrogen) atoms. The topological polar surface area (TPSA) is 68.2 Å². The Labute approximate surface area is 120 Å². The predicted molar refractivity (Wildman–Crippen MR) is 83.1 cm³/mol. The number of rotatable bonds is 4. The molecule has 0 atom stereocenters. The summed E-state index contributed by atoms with van der Waals surface area (Å²) >= 11 is 0. The van der Waals surface area contributed by atoms with Gasteiger partial charge in [0, 0.05) is 23.3 Å². The first-order valence-corrected chi connectivity index (χ1v) is 7.06. The first kappa shape index (κ1) is 14.8. The lowest BCUT2D eigenvalue weighted by Gasteiger charge is -2.26. The second kappa shape index (κ2) is 5.05. The van der Waals surface area contributed by atoms with Gasteiger partial charge in [-0.3, -0.25) is 0 Å². The van der Waals surface area contributed by atoms with Crippen molar-refractivity contribution in [1.29, 1.82) is 0 Å². The zero-order valence-corrected chi connectivity index (χ0v) is 13.1. The number of fused-ring (bicyclic) bond motifs is 1. The first-order valence-electron chi connectivity index (χ1n) is 7.06. The van der Waals surface area contributed by atoms with Crippen LogP contribution in [0, 0.1) is 0 Å². The highest BCUT2D eigenvalue weighted by Gasteiger charge is 2.22. The van der Waals surface area contributed by atoms with Gasteiger partial charge in [-0.15, -0.1) is 0 Å². The molecule has 0 amide bonds. The van der Waals surface area contributed by atoms with Gasteiger partial charge in [-0.1, -0.05) is 20.8 Å². The minimum atomic E-state index is -0.0875. The van der Waals surface area contributed by atoms with Gasteiger partial charge in [-0.05, 0) is 32.9 Å².